The number of methoxy groups -OCH3 is 1. The number of hydrogen-bond acceptors (Lipinski definition) is 7. The van der Waals surface area contributed by atoms with Crippen LogP contribution in [0.2, 0.25) is 5.02 Å². The number of fused-ring (bicyclic) bond motifs is 2. The number of carbonyl (C=O) groups excluding carboxylic acids is 2. The van der Waals surface area contributed by atoms with E-state index >= 15 is 0 Å². The van der Waals surface area contributed by atoms with Crippen molar-refractivity contribution in [3.8, 4) is 5.75 Å². The molecular formula is C37H27BrClN3O5S. The number of hydrogen-bond donors (Lipinski definition) is 0. The zero-order valence-corrected chi connectivity index (χ0v) is 28.9. The van der Waals surface area contributed by atoms with Crippen LogP contribution in [0, 0.1) is 0 Å². The van der Waals surface area contributed by atoms with Crippen LogP contribution < -0.4 is 24.5 Å². The molecule has 0 unspecified atom stereocenters. The van der Waals surface area contributed by atoms with Gasteiger partial charge in [-0.25, -0.2) is 9.79 Å². The number of aromatic nitrogens is 1. The van der Waals surface area contributed by atoms with Crippen molar-refractivity contribution in [2.45, 2.75) is 19.5 Å². The molecule has 0 fully saturated rings. The number of anilines is 1. The first-order chi connectivity index (χ1) is 23.3. The third-order valence-electron chi connectivity index (χ3n) is 8.27. The summed E-state index contributed by atoms with van der Waals surface area (Å²) in [5, 5.41) is 0.540. The Kier molecular flexibility index (Phi) is 8.63. The van der Waals surface area contributed by atoms with Gasteiger partial charge in [0.25, 0.3) is 11.5 Å². The van der Waals surface area contributed by atoms with Crippen molar-refractivity contribution in [1.82, 2.24) is 4.57 Å². The average molecular weight is 741 g/mol. The first kappa shape index (κ1) is 31.8. The van der Waals surface area contributed by atoms with Crippen LogP contribution in [0.5, 0.6) is 5.75 Å². The van der Waals surface area contributed by atoms with Gasteiger partial charge < -0.3 is 14.4 Å². The van der Waals surface area contributed by atoms with Crippen LogP contribution in [0.1, 0.15) is 35.2 Å². The monoisotopic (exact) mass is 739 g/mol. The Morgan fingerprint density at radius 2 is 1.71 bits per heavy atom. The zero-order chi connectivity index (χ0) is 33.5. The predicted molar refractivity (Wildman–Crippen MR) is 190 cm³/mol. The number of ether oxygens (including phenoxy) is 2. The number of para-hydroxylation sites is 1. The van der Waals surface area contributed by atoms with Gasteiger partial charge >= 0.3 is 5.97 Å². The largest absolute Gasteiger partial charge is 0.496 e. The van der Waals surface area contributed by atoms with Gasteiger partial charge in [0.1, 0.15) is 16.3 Å². The molecule has 3 heterocycles. The lowest BCUT2D eigenvalue weighted by molar-refractivity contribution is -0.138. The van der Waals surface area contributed by atoms with E-state index in [-0.39, 0.29) is 34.7 Å². The first-order valence-electron chi connectivity index (χ1n) is 15.1. The molecule has 0 saturated heterocycles. The molecule has 2 aliphatic heterocycles. The number of amides is 1. The lowest BCUT2D eigenvalue weighted by atomic mass is 9.92. The van der Waals surface area contributed by atoms with Gasteiger partial charge in [-0.05, 0) is 42.8 Å². The van der Waals surface area contributed by atoms with Crippen LogP contribution in [-0.2, 0) is 20.9 Å². The van der Waals surface area contributed by atoms with E-state index in [0.717, 1.165) is 21.4 Å². The summed E-state index contributed by atoms with van der Waals surface area (Å²) >= 11 is 11.2. The van der Waals surface area contributed by atoms with E-state index in [4.69, 9.17) is 26.1 Å². The Hall–Kier alpha value is -4.77. The molecule has 11 heteroatoms. The Labute approximate surface area is 293 Å². The van der Waals surface area contributed by atoms with Gasteiger partial charge in [0, 0.05) is 26.2 Å². The highest BCUT2D eigenvalue weighted by molar-refractivity contribution is 9.10. The molecule has 1 aromatic heterocycles. The van der Waals surface area contributed by atoms with Gasteiger partial charge in [0.15, 0.2) is 4.80 Å². The number of benzene rings is 4. The summed E-state index contributed by atoms with van der Waals surface area (Å²) in [4.78, 5) is 50.0. The molecule has 0 bridgehead atoms. The summed E-state index contributed by atoms with van der Waals surface area (Å²) in [6.07, 6.45) is 0. The molecule has 1 amide bonds. The summed E-state index contributed by atoms with van der Waals surface area (Å²) < 4.78 is 13.8. The van der Waals surface area contributed by atoms with E-state index in [1.165, 1.54) is 11.7 Å². The fourth-order valence-electron chi connectivity index (χ4n) is 6.16. The highest BCUT2D eigenvalue weighted by Crippen LogP contribution is 2.41. The second kappa shape index (κ2) is 13.0. The first-order valence-corrected chi connectivity index (χ1v) is 17.1. The van der Waals surface area contributed by atoms with Gasteiger partial charge in [-0.15, -0.1) is 0 Å². The standard InChI is InChI=1S/C37H27BrClN3O5S/c1-3-47-36(45)30-31(21-11-5-4-6-12-21)40-37-42(32(30)25-19-23(38)17-18-28(25)46-2)35(44)33(48-37)29-24-14-8-10-16-27(24)41(34(29)43)20-22-13-7-9-15-26(22)39/h4-19,32H,3,20H2,1-2H3/b33-29-/t32-/m1/s1. The lowest BCUT2D eigenvalue weighted by Gasteiger charge is -2.27. The smallest absolute Gasteiger partial charge is 0.338 e. The molecular weight excluding hydrogens is 714 g/mol. The molecule has 0 saturated carbocycles. The number of thiazole rings is 1. The van der Waals surface area contributed by atoms with Crippen LogP contribution in [0.15, 0.2) is 117 Å². The lowest BCUT2D eigenvalue weighted by Crippen LogP contribution is -2.41. The molecule has 4 aromatic carbocycles. The fourth-order valence-corrected chi connectivity index (χ4v) is 7.82. The van der Waals surface area contributed by atoms with Crippen molar-refractivity contribution in [1.29, 1.82) is 0 Å². The number of esters is 1. The molecule has 8 nitrogen and oxygen atoms in total. The van der Waals surface area contributed by atoms with E-state index < -0.39 is 17.6 Å². The van der Waals surface area contributed by atoms with E-state index in [2.05, 4.69) is 15.9 Å². The van der Waals surface area contributed by atoms with E-state index in [0.29, 0.717) is 43.6 Å². The van der Waals surface area contributed by atoms with Gasteiger partial charge in [-0.2, -0.15) is 0 Å². The predicted octanol–water partition coefficient (Wildman–Crippen LogP) is 6.28. The van der Waals surface area contributed by atoms with E-state index in [1.54, 1.807) is 24.0 Å². The van der Waals surface area contributed by atoms with Gasteiger partial charge in [-0.3, -0.25) is 14.2 Å². The minimum atomic E-state index is -0.983. The Morgan fingerprint density at radius 1 is 0.979 bits per heavy atom. The fraction of sp³-hybridized carbons (Fsp3) is 0.135. The van der Waals surface area contributed by atoms with E-state index in [1.807, 2.05) is 84.9 Å². The number of nitrogens with zero attached hydrogens (tertiary/aromatic N) is 3. The van der Waals surface area contributed by atoms with Crippen molar-refractivity contribution in [3.63, 3.8) is 0 Å². The topological polar surface area (TPSA) is 90.2 Å². The minimum absolute atomic E-state index is 0.119. The molecule has 0 aliphatic carbocycles. The van der Waals surface area contributed by atoms with Crippen LogP contribution in [0.3, 0.4) is 0 Å². The molecule has 240 valence electrons. The molecule has 0 spiro atoms. The van der Waals surface area contributed by atoms with Crippen molar-refractivity contribution in [2.24, 2.45) is 4.99 Å². The SMILES string of the molecule is CCOC(=O)C1=C(c2ccccc2)N=c2s/c(=C3\C(=O)N(Cc4ccccc4Cl)c4ccccc43)c(=O)n2[C@@H]1c1cc(Br)ccc1OC. The maximum absolute atomic E-state index is 14.8. The molecule has 0 radical (unpaired) electrons. The van der Waals surface area contributed by atoms with Crippen LogP contribution in [0.4, 0.5) is 5.69 Å². The second-order valence-electron chi connectivity index (χ2n) is 11.0. The third kappa shape index (κ3) is 5.39. The number of carbonyl (C=O) groups is 2. The summed E-state index contributed by atoms with van der Waals surface area (Å²) in [7, 11) is 1.53. The molecule has 1 atom stereocenters. The molecule has 7 rings (SSSR count). The van der Waals surface area contributed by atoms with Crippen molar-refractivity contribution < 1.29 is 19.1 Å². The molecule has 5 aromatic rings. The maximum atomic E-state index is 14.8. The third-order valence-corrected chi connectivity index (χ3v) is 10.2. The summed E-state index contributed by atoms with van der Waals surface area (Å²) in [6, 6.07) is 28.5. The highest BCUT2D eigenvalue weighted by Gasteiger charge is 2.39. The molecule has 48 heavy (non-hydrogen) atoms. The van der Waals surface area contributed by atoms with Crippen molar-refractivity contribution >= 4 is 67.7 Å². The molecule has 2 aliphatic rings. The number of rotatable bonds is 7. The van der Waals surface area contributed by atoms with Gasteiger partial charge in [0.2, 0.25) is 0 Å². The Balaban J connectivity index is 1.54. The van der Waals surface area contributed by atoms with Crippen molar-refractivity contribution in [2.75, 3.05) is 18.6 Å². The maximum Gasteiger partial charge on any atom is 0.338 e. The Morgan fingerprint density at radius 3 is 2.46 bits per heavy atom. The number of halogens is 2. The average Bonchev–Trinajstić information content (AvgIpc) is 3.57. The second-order valence-corrected chi connectivity index (χ2v) is 13.3. The Bertz CT molecular complexity index is 2330. The summed E-state index contributed by atoms with van der Waals surface area (Å²) in [6.45, 7) is 2.07. The van der Waals surface area contributed by atoms with E-state index in [9.17, 15) is 14.4 Å². The van der Waals surface area contributed by atoms with Gasteiger partial charge in [0.05, 0.1) is 42.8 Å². The van der Waals surface area contributed by atoms with Crippen LogP contribution in [-0.4, -0.2) is 30.2 Å². The van der Waals surface area contributed by atoms with Gasteiger partial charge in [-0.1, -0.05) is 106 Å². The zero-order valence-electron chi connectivity index (χ0n) is 25.8. The van der Waals surface area contributed by atoms with Crippen LogP contribution >= 0.6 is 38.9 Å². The minimum Gasteiger partial charge on any atom is -0.496 e. The van der Waals surface area contributed by atoms with Crippen LogP contribution in [0.25, 0.3) is 11.3 Å². The summed E-state index contributed by atoms with van der Waals surface area (Å²) in [5.41, 5.74) is 3.66. The quantitative estimate of drug-likeness (QED) is 0.184. The summed E-state index contributed by atoms with van der Waals surface area (Å²) in [5.74, 6) is -0.477. The molecule has 0 N–H and O–H groups in total. The van der Waals surface area contributed by atoms with Crippen molar-refractivity contribution in [3.05, 3.63) is 154 Å². The normalized spacial score (nSPS) is 16.4. The highest BCUT2D eigenvalue weighted by atomic mass is 79.9.